The minimum atomic E-state index is 0.760. The Hall–Kier alpha value is -2.53. The summed E-state index contributed by atoms with van der Waals surface area (Å²) in [5.41, 5.74) is 3.48. The maximum Gasteiger partial charge on any atom is 0.125 e. The van der Waals surface area contributed by atoms with Crippen molar-refractivity contribution in [3.8, 4) is 0 Å². The summed E-state index contributed by atoms with van der Waals surface area (Å²) in [5.74, 6) is 1.73. The lowest BCUT2D eigenvalue weighted by Gasteiger charge is -2.29. The minimum Gasteiger partial charge on any atom is -0.380 e. The standard InChI is InChI=1S/C21H27N5/c1-26-11-8-16(9-12-26)13-24-21-6-5-17(15-25-21)14-23-20-4-2-3-19-18(20)7-10-22-19/h2-7,10,15-16,22-23H,8-9,11-14H2,1H3,(H,24,25). The van der Waals surface area contributed by atoms with E-state index in [-0.39, 0.29) is 0 Å². The highest BCUT2D eigenvalue weighted by molar-refractivity contribution is 5.91. The largest absolute Gasteiger partial charge is 0.380 e. The molecule has 136 valence electrons. The molecular formula is C21H27N5. The molecule has 2 aromatic heterocycles. The van der Waals surface area contributed by atoms with Crippen LogP contribution in [0.25, 0.3) is 10.9 Å². The summed E-state index contributed by atoms with van der Waals surface area (Å²) in [6.07, 6.45) is 6.48. The number of aromatic amines is 1. The van der Waals surface area contributed by atoms with Gasteiger partial charge in [0.25, 0.3) is 0 Å². The number of nitrogens with zero attached hydrogens (tertiary/aromatic N) is 2. The maximum atomic E-state index is 4.57. The van der Waals surface area contributed by atoms with Gasteiger partial charge in [0, 0.05) is 42.1 Å². The zero-order valence-corrected chi connectivity index (χ0v) is 15.3. The Labute approximate surface area is 154 Å². The topological polar surface area (TPSA) is 56.0 Å². The Balaban J connectivity index is 1.29. The van der Waals surface area contributed by atoms with Crippen molar-refractivity contribution in [1.82, 2.24) is 14.9 Å². The van der Waals surface area contributed by atoms with Crippen LogP contribution >= 0.6 is 0 Å². The van der Waals surface area contributed by atoms with Gasteiger partial charge in [-0.2, -0.15) is 0 Å². The minimum absolute atomic E-state index is 0.760. The Morgan fingerprint density at radius 1 is 1.12 bits per heavy atom. The van der Waals surface area contributed by atoms with Crippen LogP contribution < -0.4 is 10.6 Å². The van der Waals surface area contributed by atoms with Crippen molar-refractivity contribution in [2.75, 3.05) is 37.3 Å². The van der Waals surface area contributed by atoms with Gasteiger partial charge in [0.2, 0.25) is 0 Å². The van der Waals surface area contributed by atoms with E-state index >= 15 is 0 Å². The number of piperidine rings is 1. The average Bonchev–Trinajstić information content (AvgIpc) is 3.16. The molecule has 0 atom stereocenters. The van der Waals surface area contributed by atoms with Gasteiger partial charge in [-0.05, 0) is 68.7 Å². The highest BCUT2D eigenvalue weighted by atomic mass is 15.1. The number of benzene rings is 1. The Morgan fingerprint density at radius 3 is 2.81 bits per heavy atom. The first-order valence-corrected chi connectivity index (χ1v) is 9.45. The molecule has 0 unspecified atom stereocenters. The molecule has 26 heavy (non-hydrogen) atoms. The molecule has 5 nitrogen and oxygen atoms in total. The maximum absolute atomic E-state index is 4.57. The number of hydrogen-bond donors (Lipinski definition) is 3. The summed E-state index contributed by atoms with van der Waals surface area (Å²) in [5, 5.41) is 8.23. The van der Waals surface area contributed by atoms with Crippen molar-refractivity contribution < 1.29 is 0 Å². The van der Waals surface area contributed by atoms with E-state index in [0.717, 1.165) is 36.0 Å². The molecule has 0 spiro atoms. The summed E-state index contributed by atoms with van der Waals surface area (Å²) < 4.78 is 0. The van der Waals surface area contributed by atoms with Crippen LogP contribution in [-0.2, 0) is 6.54 Å². The molecule has 5 heteroatoms. The van der Waals surface area contributed by atoms with Gasteiger partial charge >= 0.3 is 0 Å². The van der Waals surface area contributed by atoms with Gasteiger partial charge in [0.05, 0.1) is 0 Å². The van der Waals surface area contributed by atoms with Crippen LogP contribution in [0, 0.1) is 5.92 Å². The van der Waals surface area contributed by atoms with Crippen LogP contribution in [0.1, 0.15) is 18.4 Å². The molecule has 1 saturated heterocycles. The Bertz CT molecular complexity index is 831. The summed E-state index contributed by atoms with van der Waals surface area (Å²) >= 11 is 0. The molecule has 0 bridgehead atoms. The Morgan fingerprint density at radius 2 is 2.00 bits per heavy atom. The number of likely N-dealkylation sites (tertiary alicyclic amines) is 1. The lowest BCUT2D eigenvalue weighted by molar-refractivity contribution is 0.226. The van der Waals surface area contributed by atoms with Gasteiger partial charge < -0.3 is 20.5 Å². The van der Waals surface area contributed by atoms with Crippen LogP contribution in [0.2, 0.25) is 0 Å². The molecule has 4 rings (SSSR count). The number of fused-ring (bicyclic) bond motifs is 1. The third-order valence-electron chi connectivity index (χ3n) is 5.31. The molecule has 1 fully saturated rings. The van der Waals surface area contributed by atoms with Gasteiger partial charge in [-0.1, -0.05) is 12.1 Å². The number of rotatable bonds is 6. The van der Waals surface area contributed by atoms with Gasteiger partial charge in [-0.25, -0.2) is 4.98 Å². The number of anilines is 2. The van der Waals surface area contributed by atoms with Crippen LogP contribution in [0.5, 0.6) is 0 Å². The molecule has 3 N–H and O–H groups in total. The number of hydrogen-bond acceptors (Lipinski definition) is 4. The molecule has 3 heterocycles. The second kappa shape index (κ2) is 7.79. The van der Waals surface area contributed by atoms with Crippen molar-refractivity contribution >= 4 is 22.4 Å². The van der Waals surface area contributed by atoms with Crippen molar-refractivity contribution in [2.45, 2.75) is 19.4 Å². The first kappa shape index (κ1) is 16.9. The third kappa shape index (κ3) is 3.99. The fraction of sp³-hybridized carbons (Fsp3) is 0.381. The fourth-order valence-corrected chi connectivity index (χ4v) is 3.59. The number of aromatic nitrogens is 2. The van der Waals surface area contributed by atoms with Gasteiger partial charge in [0.15, 0.2) is 0 Å². The number of H-pyrrole nitrogens is 1. The van der Waals surface area contributed by atoms with E-state index in [4.69, 9.17) is 0 Å². The average molecular weight is 349 g/mol. The predicted octanol–water partition coefficient (Wildman–Crippen LogP) is 3.93. The molecule has 1 aliphatic heterocycles. The van der Waals surface area contributed by atoms with Crippen molar-refractivity contribution in [3.05, 3.63) is 54.4 Å². The zero-order valence-electron chi connectivity index (χ0n) is 15.3. The quantitative estimate of drug-likeness (QED) is 0.631. The smallest absolute Gasteiger partial charge is 0.125 e. The van der Waals surface area contributed by atoms with Crippen LogP contribution in [0.4, 0.5) is 11.5 Å². The molecule has 0 radical (unpaired) electrons. The van der Waals surface area contributed by atoms with E-state index < -0.39 is 0 Å². The monoisotopic (exact) mass is 349 g/mol. The highest BCUT2D eigenvalue weighted by Gasteiger charge is 2.16. The molecule has 0 aliphatic carbocycles. The third-order valence-corrected chi connectivity index (χ3v) is 5.31. The molecule has 1 aromatic carbocycles. The van der Waals surface area contributed by atoms with E-state index in [1.807, 2.05) is 12.4 Å². The SMILES string of the molecule is CN1CCC(CNc2ccc(CNc3cccc4[nH]ccc34)cn2)CC1. The van der Waals surface area contributed by atoms with Gasteiger partial charge in [-0.15, -0.1) is 0 Å². The lowest BCUT2D eigenvalue weighted by atomic mass is 9.97. The van der Waals surface area contributed by atoms with Gasteiger partial charge in [-0.3, -0.25) is 0 Å². The van der Waals surface area contributed by atoms with E-state index in [2.05, 4.69) is 68.9 Å². The predicted molar refractivity (Wildman–Crippen MR) is 109 cm³/mol. The zero-order chi connectivity index (χ0) is 17.8. The number of pyridine rings is 1. The van der Waals surface area contributed by atoms with E-state index in [1.54, 1.807) is 0 Å². The molecule has 1 aliphatic rings. The second-order valence-corrected chi connectivity index (χ2v) is 7.28. The second-order valence-electron chi connectivity index (χ2n) is 7.28. The summed E-state index contributed by atoms with van der Waals surface area (Å²) in [6, 6.07) is 12.6. The first-order valence-electron chi connectivity index (χ1n) is 9.45. The van der Waals surface area contributed by atoms with E-state index in [1.165, 1.54) is 36.9 Å². The molecule has 0 saturated carbocycles. The van der Waals surface area contributed by atoms with Crippen molar-refractivity contribution in [1.29, 1.82) is 0 Å². The highest BCUT2D eigenvalue weighted by Crippen LogP contribution is 2.23. The fourth-order valence-electron chi connectivity index (χ4n) is 3.59. The molecule has 3 aromatic rings. The summed E-state index contributed by atoms with van der Waals surface area (Å²) in [4.78, 5) is 10.2. The van der Waals surface area contributed by atoms with E-state index in [0.29, 0.717) is 0 Å². The summed E-state index contributed by atoms with van der Waals surface area (Å²) in [6.45, 7) is 4.21. The molecular weight excluding hydrogens is 322 g/mol. The van der Waals surface area contributed by atoms with Crippen molar-refractivity contribution in [2.24, 2.45) is 5.92 Å². The first-order chi connectivity index (χ1) is 12.8. The summed E-state index contributed by atoms with van der Waals surface area (Å²) in [7, 11) is 2.20. The van der Waals surface area contributed by atoms with Gasteiger partial charge in [0.1, 0.15) is 5.82 Å². The molecule has 0 amide bonds. The van der Waals surface area contributed by atoms with Crippen LogP contribution in [-0.4, -0.2) is 41.5 Å². The Kier molecular flexibility index (Phi) is 5.07. The van der Waals surface area contributed by atoms with Crippen LogP contribution in [0.15, 0.2) is 48.8 Å². The normalized spacial score (nSPS) is 16.0. The van der Waals surface area contributed by atoms with E-state index in [9.17, 15) is 0 Å². The lowest BCUT2D eigenvalue weighted by Crippen LogP contribution is -2.33. The van der Waals surface area contributed by atoms with Crippen molar-refractivity contribution in [3.63, 3.8) is 0 Å². The number of nitrogens with one attached hydrogen (secondary N) is 3. The van der Waals surface area contributed by atoms with Crippen LogP contribution in [0.3, 0.4) is 0 Å².